The number of nitrogens with zero attached hydrogens (tertiary/aromatic N) is 2. The van der Waals surface area contributed by atoms with Gasteiger partial charge in [0.05, 0.1) is 18.2 Å². The number of carbonyl (C=O) groups excluding carboxylic acids is 1. The smallest absolute Gasteiger partial charge is 0.227 e. The van der Waals surface area contributed by atoms with E-state index in [1.165, 1.54) is 12.1 Å². The predicted octanol–water partition coefficient (Wildman–Crippen LogP) is 5.37. The quantitative estimate of drug-likeness (QED) is 0.568. The molecule has 0 N–H and O–H groups in total. The van der Waals surface area contributed by atoms with Crippen molar-refractivity contribution in [2.75, 3.05) is 6.54 Å². The van der Waals surface area contributed by atoms with Gasteiger partial charge >= 0.3 is 0 Å². The largest absolute Gasteiger partial charge is 0.334 e. The van der Waals surface area contributed by atoms with Crippen LogP contribution < -0.4 is 0 Å². The predicted molar refractivity (Wildman–Crippen MR) is 112 cm³/mol. The molecule has 29 heavy (non-hydrogen) atoms. The molecule has 1 amide bonds. The first-order valence-corrected chi connectivity index (χ1v) is 10.2. The minimum atomic E-state index is -0.292. The summed E-state index contributed by atoms with van der Waals surface area (Å²) in [6, 6.07) is 19.9. The van der Waals surface area contributed by atoms with Gasteiger partial charge in [-0.1, -0.05) is 48.0 Å². The van der Waals surface area contributed by atoms with E-state index in [2.05, 4.69) is 0 Å². The number of likely N-dealkylation sites (tertiary alicyclic amines) is 1. The Labute approximate surface area is 175 Å². The van der Waals surface area contributed by atoms with Crippen molar-refractivity contribution in [3.05, 3.63) is 100 Å². The Morgan fingerprint density at radius 2 is 1.86 bits per heavy atom. The molecular weight excluding hydrogens is 387 g/mol. The lowest BCUT2D eigenvalue weighted by molar-refractivity contribution is -0.131. The third-order valence-corrected chi connectivity index (χ3v) is 5.71. The number of hydrogen-bond acceptors (Lipinski definition) is 2. The molecule has 0 bridgehead atoms. The van der Waals surface area contributed by atoms with Crippen LogP contribution in [0.5, 0.6) is 0 Å². The molecule has 1 saturated heterocycles. The van der Waals surface area contributed by atoms with Crippen LogP contribution in [0.4, 0.5) is 4.39 Å². The Kier molecular flexibility index (Phi) is 5.91. The second-order valence-corrected chi connectivity index (χ2v) is 7.78. The number of amides is 1. The highest BCUT2D eigenvalue weighted by Gasteiger charge is 2.30. The second-order valence-electron chi connectivity index (χ2n) is 7.37. The maximum atomic E-state index is 13.1. The Balaban J connectivity index is 1.50. The monoisotopic (exact) mass is 408 g/mol. The van der Waals surface area contributed by atoms with Crippen molar-refractivity contribution in [3.63, 3.8) is 0 Å². The van der Waals surface area contributed by atoms with Crippen LogP contribution in [0.25, 0.3) is 0 Å². The van der Waals surface area contributed by atoms with Crippen molar-refractivity contribution in [3.8, 4) is 0 Å². The molecule has 0 saturated carbocycles. The summed E-state index contributed by atoms with van der Waals surface area (Å²) in [5.74, 6) is -0.239. The van der Waals surface area contributed by atoms with Crippen LogP contribution in [-0.2, 0) is 17.6 Å². The fourth-order valence-electron chi connectivity index (χ4n) is 3.87. The summed E-state index contributed by atoms with van der Waals surface area (Å²) in [6.45, 7) is 0.723. The van der Waals surface area contributed by atoms with Crippen LogP contribution >= 0.6 is 11.6 Å². The number of pyridine rings is 1. The molecule has 0 spiro atoms. The highest BCUT2D eigenvalue weighted by atomic mass is 35.5. The van der Waals surface area contributed by atoms with Crippen molar-refractivity contribution in [2.24, 2.45) is 0 Å². The molecular formula is C24H22ClFN2O. The van der Waals surface area contributed by atoms with Crippen molar-refractivity contribution in [1.29, 1.82) is 0 Å². The van der Waals surface area contributed by atoms with Crippen LogP contribution in [0, 0.1) is 5.82 Å². The zero-order chi connectivity index (χ0) is 20.2. The molecule has 3 aromatic rings. The van der Waals surface area contributed by atoms with E-state index in [4.69, 9.17) is 16.6 Å². The lowest BCUT2D eigenvalue weighted by atomic mass is 10.1. The number of carbonyl (C=O) groups is 1. The van der Waals surface area contributed by atoms with E-state index in [1.54, 1.807) is 12.1 Å². The number of aromatic nitrogens is 1. The van der Waals surface area contributed by atoms with Gasteiger partial charge in [0, 0.05) is 23.7 Å². The lowest BCUT2D eigenvalue weighted by Crippen LogP contribution is -2.32. The lowest BCUT2D eigenvalue weighted by Gasteiger charge is -2.25. The zero-order valence-corrected chi connectivity index (χ0v) is 16.8. The van der Waals surface area contributed by atoms with Gasteiger partial charge < -0.3 is 4.90 Å². The molecule has 1 aliphatic heterocycles. The highest BCUT2D eigenvalue weighted by molar-refractivity contribution is 6.31. The normalized spacial score (nSPS) is 16.2. The first kappa shape index (κ1) is 19.6. The molecule has 5 heteroatoms. The van der Waals surface area contributed by atoms with Gasteiger partial charge in [-0.25, -0.2) is 4.39 Å². The molecule has 1 unspecified atom stereocenters. The highest BCUT2D eigenvalue weighted by Crippen LogP contribution is 2.32. The van der Waals surface area contributed by atoms with E-state index >= 15 is 0 Å². The minimum absolute atomic E-state index is 0.0193. The van der Waals surface area contributed by atoms with E-state index in [0.29, 0.717) is 6.42 Å². The molecule has 2 aromatic carbocycles. The summed E-state index contributed by atoms with van der Waals surface area (Å²) in [4.78, 5) is 19.6. The van der Waals surface area contributed by atoms with E-state index in [1.807, 2.05) is 47.4 Å². The molecule has 148 valence electrons. The van der Waals surface area contributed by atoms with Crippen molar-refractivity contribution >= 4 is 17.5 Å². The average molecular weight is 409 g/mol. The van der Waals surface area contributed by atoms with Crippen LogP contribution in [0.2, 0.25) is 5.02 Å². The third-order valence-electron chi connectivity index (χ3n) is 5.34. The Bertz CT molecular complexity index is 1010. The first-order chi connectivity index (χ1) is 14.1. The number of halogens is 2. The van der Waals surface area contributed by atoms with Gasteiger partial charge in [0.1, 0.15) is 5.82 Å². The number of hydrogen-bond donors (Lipinski definition) is 0. The maximum absolute atomic E-state index is 13.1. The van der Waals surface area contributed by atoms with E-state index in [9.17, 15) is 9.18 Å². The number of rotatable bonds is 5. The second kappa shape index (κ2) is 8.75. The standard InChI is InChI=1S/C24H22ClFN2O/c25-21-7-2-1-5-18(21)16-20-6-3-8-22(27-20)23-9-4-14-28(23)24(29)15-17-10-12-19(26)13-11-17/h1-3,5-8,10-13,23H,4,9,14-16H2. The van der Waals surface area contributed by atoms with Gasteiger partial charge in [-0.2, -0.15) is 0 Å². The summed E-state index contributed by atoms with van der Waals surface area (Å²) in [7, 11) is 0. The molecule has 3 nitrogen and oxygen atoms in total. The molecule has 4 rings (SSSR count). The van der Waals surface area contributed by atoms with Gasteiger partial charge in [-0.3, -0.25) is 9.78 Å². The van der Waals surface area contributed by atoms with Crippen LogP contribution in [0.1, 0.15) is 41.4 Å². The third kappa shape index (κ3) is 4.65. The fourth-order valence-corrected chi connectivity index (χ4v) is 4.07. The molecule has 1 aliphatic rings. The minimum Gasteiger partial charge on any atom is -0.334 e. The Morgan fingerprint density at radius 1 is 1.07 bits per heavy atom. The zero-order valence-electron chi connectivity index (χ0n) is 16.0. The van der Waals surface area contributed by atoms with E-state index in [0.717, 1.165) is 46.9 Å². The van der Waals surface area contributed by atoms with Crippen LogP contribution in [0.3, 0.4) is 0 Å². The molecule has 1 atom stereocenters. The molecule has 0 aliphatic carbocycles. The molecule has 1 aromatic heterocycles. The van der Waals surface area contributed by atoms with Gasteiger partial charge in [0.15, 0.2) is 0 Å². The molecule has 1 fully saturated rings. The van der Waals surface area contributed by atoms with Crippen molar-refractivity contribution in [1.82, 2.24) is 9.88 Å². The fraction of sp³-hybridized carbons (Fsp3) is 0.250. The molecule has 0 radical (unpaired) electrons. The molecule has 2 heterocycles. The maximum Gasteiger partial charge on any atom is 0.227 e. The van der Waals surface area contributed by atoms with Crippen molar-refractivity contribution < 1.29 is 9.18 Å². The van der Waals surface area contributed by atoms with Gasteiger partial charge in [0.25, 0.3) is 0 Å². The van der Waals surface area contributed by atoms with Gasteiger partial charge in [-0.15, -0.1) is 0 Å². The summed E-state index contributed by atoms with van der Waals surface area (Å²) in [6.07, 6.45) is 2.79. The Hall–Kier alpha value is -2.72. The van der Waals surface area contributed by atoms with Crippen LogP contribution in [0.15, 0.2) is 66.7 Å². The van der Waals surface area contributed by atoms with E-state index in [-0.39, 0.29) is 24.2 Å². The Morgan fingerprint density at radius 3 is 2.66 bits per heavy atom. The first-order valence-electron chi connectivity index (χ1n) is 9.83. The topological polar surface area (TPSA) is 33.2 Å². The van der Waals surface area contributed by atoms with Crippen molar-refractivity contribution in [2.45, 2.75) is 31.7 Å². The van der Waals surface area contributed by atoms with E-state index < -0.39 is 0 Å². The summed E-state index contributed by atoms with van der Waals surface area (Å²) in [5, 5.41) is 0.733. The SMILES string of the molecule is O=C(Cc1ccc(F)cc1)N1CCCC1c1cccc(Cc2ccccc2Cl)n1. The van der Waals surface area contributed by atoms with Crippen LogP contribution in [-0.4, -0.2) is 22.3 Å². The average Bonchev–Trinajstić information content (AvgIpc) is 3.22. The summed E-state index contributed by atoms with van der Waals surface area (Å²) < 4.78 is 13.1. The number of benzene rings is 2. The summed E-state index contributed by atoms with van der Waals surface area (Å²) in [5.41, 5.74) is 3.71. The van der Waals surface area contributed by atoms with Gasteiger partial charge in [0.2, 0.25) is 5.91 Å². The summed E-state index contributed by atoms with van der Waals surface area (Å²) >= 11 is 6.29. The van der Waals surface area contributed by atoms with Gasteiger partial charge in [-0.05, 0) is 54.3 Å².